The molecule has 1 aromatic carbocycles. The van der Waals surface area contributed by atoms with E-state index in [0.717, 1.165) is 35.1 Å². The number of benzene rings is 1. The summed E-state index contributed by atoms with van der Waals surface area (Å²) in [5, 5.41) is 14.4. The standard InChI is InChI=1S/C19H16ClN5O2S/c20-14-7-5-13(6-8-14)18-21-16(24-27-18)11-28-19-23-22-17(12-3-4-12)25(19)10-15-2-1-9-26-15/h1-2,5-9,12H,3-4,10-11H2. The molecule has 142 valence electrons. The van der Waals surface area contributed by atoms with Crippen LogP contribution in [0.3, 0.4) is 0 Å². The summed E-state index contributed by atoms with van der Waals surface area (Å²) in [4.78, 5) is 4.47. The van der Waals surface area contributed by atoms with Gasteiger partial charge >= 0.3 is 0 Å². The molecule has 3 aromatic heterocycles. The molecule has 0 aliphatic heterocycles. The predicted molar refractivity (Wildman–Crippen MR) is 104 cm³/mol. The highest BCUT2D eigenvalue weighted by Crippen LogP contribution is 2.40. The predicted octanol–water partition coefficient (Wildman–Crippen LogP) is 4.79. The summed E-state index contributed by atoms with van der Waals surface area (Å²) in [6.07, 6.45) is 4.01. The van der Waals surface area contributed by atoms with Gasteiger partial charge in [0.25, 0.3) is 5.89 Å². The molecule has 1 aliphatic rings. The zero-order valence-corrected chi connectivity index (χ0v) is 16.4. The van der Waals surface area contributed by atoms with E-state index in [1.807, 2.05) is 24.3 Å². The summed E-state index contributed by atoms with van der Waals surface area (Å²) in [5.41, 5.74) is 0.838. The van der Waals surface area contributed by atoms with Crippen LogP contribution in [0.1, 0.15) is 36.2 Å². The molecule has 0 atom stereocenters. The van der Waals surface area contributed by atoms with Crippen molar-refractivity contribution in [3.05, 3.63) is 65.1 Å². The minimum Gasteiger partial charge on any atom is -0.467 e. The molecule has 4 aromatic rings. The van der Waals surface area contributed by atoms with E-state index in [1.54, 1.807) is 30.2 Å². The van der Waals surface area contributed by atoms with Crippen LogP contribution in [0.15, 0.2) is 56.8 Å². The van der Waals surface area contributed by atoms with Gasteiger partial charge in [-0.2, -0.15) is 4.98 Å². The van der Waals surface area contributed by atoms with E-state index in [-0.39, 0.29) is 0 Å². The molecule has 28 heavy (non-hydrogen) atoms. The second kappa shape index (κ2) is 7.44. The summed E-state index contributed by atoms with van der Waals surface area (Å²) in [6.45, 7) is 0.621. The molecule has 0 amide bonds. The van der Waals surface area contributed by atoms with Crippen LogP contribution >= 0.6 is 23.4 Å². The van der Waals surface area contributed by atoms with Gasteiger partial charge in [-0.1, -0.05) is 28.5 Å². The Bertz CT molecular complexity index is 1070. The third-order valence-electron chi connectivity index (χ3n) is 4.47. The zero-order chi connectivity index (χ0) is 18.9. The Labute approximate surface area is 170 Å². The molecule has 0 unspecified atom stereocenters. The molecule has 7 nitrogen and oxygen atoms in total. The van der Waals surface area contributed by atoms with Gasteiger partial charge in [0.05, 0.1) is 18.6 Å². The first-order valence-corrected chi connectivity index (χ1v) is 10.3. The smallest absolute Gasteiger partial charge is 0.257 e. The lowest BCUT2D eigenvalue weighted by Crippen LogP contribution is -2.05. The number of hydrogen-bond acceptors (Lipinski definition) is 7. The van der Waals surface area contributed by atoms with Crippen molar-refractivity contribution in [1.82, 2.24) is 24.9 Å². The van der Waals surface area contributed by atoms with Crippen molar-refractivity contribution in [3.8, 4) is 11.5 Å². The Balaban J connectivity index is 1.32. The topological polar surface area (TPSA) is 82.8 Å². The first-order chi connectivity index (χ1) is 13.8. The lowest BCUT2D eigenvalue weighted by Gasteiger charge is -2.07. The van der Waals surface area contributed by atoms with Crippen molar-refractivity contribution < 1.29 is 8.94 Å². The SMILES string of the molecule is Clc1ccc(-c2nc(CSc3nnc(C4CC4)n3Cc3ccco3)no2)cc1. The molecule has 0 N–H and O–H groups in total. The zero-order valence-electron chi connectivity index (χ0n) is 14.8. The van der Waals surface area contributed by atoms with Gasteiger partial charge in [-0.05, 0) is 49.2 Å². The molecule has 1 fully saturated rings. The number of hydrogen-bond donors (Lipinski definition) is 0. The largest absolute Gasteiger partial charge is 0.467 e. The van der Waals surface area contributed by atoms with Gasteiger partial charge < -0.3 is 8.94 Å². The monoisotopic (exact) mass is 413 g/mol. The van der Waals surface area contributed by atoms with Crippen molar-refractivity contribution in [2.24, 2.45) is 0 Å². The number of rotatable bonds is 7. The van der Waals surface area contributed by atoms with Crippen molar-refractivity contribution in [2.75, 3.05) is 0 Å². The Hall–Kier alpha value is -2.58. The molecule has 0 spiro atoms. The number of thioether (sulfide) groups is 1. The summed E-state index contributed by atoms with van der Waals surface area (Å²) in [7, 11) is 0. The molecular formula is C19H16ClN5O2S. The van der Waals surface area contributed by atoms with Crippen LogP contribution in [-0.4, -0.2) is 24.9 Å². The Kier molecular flexibility index (Phi) is 4.66. The minimum atomic E-state index is 0.475. The first kappa shape index (κ1) is 17.5. The van der Waals surface area contributed by atoms with Gasteiger partial charge in [-0.15, -0.1) is 10.2 Å². The molecule has 0 radical (unpaired) electrons. The Morgan fingerprint density at radius 1 is 1.14 bits per heavy atom. The molecule has 1 saturated carbocycles. The van der Waals surface area contributed by atoms with E-state index in [0.29, 0.717) is 35.0 Å². The van der Waals surface area contributed by atoms with E-state index in [1.165, 1.54) is 0 Å². The highest BCUT2D eigenvalue weighted by atomic mass is 35.5. The number of halogens is 1. The van der Waals surface area contributed by atoms with Crippen LogP contribution < -0.4 is 0 Å². The average Bonchev–Trinajstić information content (AvgIpc) is 3.10. The van der Waals surface area contributed by atoms with Crippen LogP contribution in [0.2, 0.25) is 5.02 Å². The van der Waals surface area contributed by atoms with E-state index >= 15 is 0 Å². The lowest BCUT2D eigenvalue weighted by molar-refractivity contribution is 0.425. The fraction of sp³-hybridized carbons (Fsp3) is 0.263. The molecule has 9 heteroatoms. The number of nitrogens with zero attached hydrogens (tertiary/aromatic N) is 5. The second-order valence-corrected chi connectivity index (χ2v) is 7.97. The van der Waals surface area contributed by atoms with Gasteiger partial charge in [0, 0.05) is 16.5 Å². The van der Waals surface area contributed by atoms with E-state index in [9.17, 15) is 0 Å². The van der Waals surface area contributed by atoms with Crippen LogP contribution in [0.4, 0.5) is 0 Å². The summed E-state index contributed by atoms with van der Waals surface area (Å²) >= 11 is 7.46. The van der Waals surface area contributed by atoms with Gasteiger partial charge in [0.1, 0.15) is 11.6 Å². The maximum absolute atomic E-state index is 5.92. The first-order valence-electron chi connectivity index (χ1n) is 8.93. The van der Waals surface area contributed by atoms with E-state index in [2.05, 4.69) is 24.9 Å². The fourth-order valence-electron chi connectivity index (χ4n) is 2.91. The molecule has 3 heterocycles. The van der Waals surface area contributed by atoms with Gasteiger partial charge in [-0.3, -0.25) is 4.57 Å². The molecule has 1 aliphatic carbocycles. The normalized spacial score (nSPS) is 13.9. The quantitative estimate of drug-likeness (QED) is 0.402. The average molecular weight is 414 g/mol. The molecular weight excluding hydrogens is 398 g/mol. The Morgan fingerprint density at radius 2 is 2.00 bits per heavy atom. The maximum Gasteiger partial charge on any atom is 0.257 e. The summed E-state index contributed by atoms with van der Waals surface area (Å²) in [6, 6.07) is 11.2. The highest BCUT2D eigenvalue weighted by Gasteiger charge is 2.30. The summed E-state index contributed by atoms with van der Waals surface area (Å²) < 4.78 is 13.0. The third kappa shape index (κ3) is 3.70. The van der Waals surface area contributed by atoms with E-state index in [4.69, 9.17) is 20.5 Å². The third-order valence-corrected chi connectivity index (χ3v) is 5.69. The van der Waals surface area contributed by atoms with Crippen LogP contribution in [0, 0.1) is 0 Å². The van der Waals surface area contributed by atoms with Gasteiger partial charge in [0.2, 0.25) is 0 Å². The minimum absolute atomic E-state index is 0.475. The van der Waals surface area contributed by atoms with Crippen LogP contribution in [0.5, 0.6) is 0 Å². The van der Waals surface area contributed by atoms with E-state index < -0.39 is 0 Å². The fourth-order valence-corrected chi connectivity index (χ4v) is 3.82. The van der Waals surface area contributed by atoms with Crippen molar-refractivity contribution in [3.63, 3.8) is 0 Å². The number of aromatic nitrogens is 5. The van der Waals surface area contributed by atoms with Gasteiger partial charge in [-0.25, -0.2) is 0 Å². The van der Waals surface area contributed by atoms with Crippen molar-refractivity contribution in [2.45, 2.75) is 36.2 Å². The highest BCUT2D eigenvalue weighted by molar-refractivity contribution is 7.98. The van der Waals surface area contributed by atoms with Crippen LogP contribution in [0.25, 0.3) is 11.5 Å². The van der Waals surface area contributed by atoms with Crippen LogP contribution in [-0.2, 0) is 12.3 Å². The van der Waals surface area contributed by atoms with Crippen molar-refractivity contribution >= 4 is 23.4 Å². The second-order valence-electron chi connectivity index (χ2n) is 6.59. The Morgan fingerprint density at radius 3 is 2.75 bits per heavy atom. The van der Waals surface area contributed by atoms with Crippen molar-refractivity contribution in [1.29, 1.82) is 0 Å². The molecule has 0 saturated heterocycles. The maximum atomic E-state index is 5.92. The number of furan rings is 1. The molecule has 0 bridgehead atoms. The summed E-state index contributed by atoms with van der Waals surface area (Å²) in [5.74, 6) is 4.02. The molecule has 5 rings (SSSR count). The van der Waals surface area contributed by atoms with Gasteiger partial charge in [0.15, 0.2) is 11.0 Å². The lowest BCUT2D eigenvalue weighted by atomic mass is 10.2.